The van der Waals surface area contributed by atoms with Gasteiger partial charge in [0.05, 0.1) is 11.2 Å². The maximum Gasteiger partial charge on any atom is 0.186 e. The Morgan fingerprint density at radius 2 is 1.93 bits per heavy atom. The molecule has 2 unspecified atom stereocenters. The molecule has 1 heterocycles. The molecule has 1 aliphatic carbocycles. The van der Waals surface area contributed by atoms with Crippen LogP contribution in [0.15, 0.2) is 36.4 Å². The molecule has 0 amide bonds. The van der Waals surface area contributed by atoms with Crippen LogP contribution in [-0.4, -0.2) is 11.2 Å². The SMILES string of the molecule is FC1CC1(F)c1ccc2ccccc2n1. The summed E-state index contributed by atoms with van der Waals surface area (Å²) in [6, 6.07) is 10.8. The van der Waals surface area contributed by atoms with Gasteiger partial charge >= 0.3 is 0 Å². The molecule has 15 heavy (non-hydrogen) atoms. The van der Waals surface area contributed by atoms with Crippen LogP contribution in [-0.2, 0) is 5.67 Å². The molecular formula is C12H9F2N. The Morgan fingerprint density at radius 1 is 1.20 bits per heavy atom. The number of para-hydroxylation sites is 1. The molecule has 1 nitrogen and oxygen atoms in total. The molecule has 1 saturated carbocycles. The van der Waals surface area contributed by atoms with E-state index in [0.717, 1.165) is 5.39 Å². The Hall–Kier alpha value is -1.51. The van der Waals surface area contributed by atoms with E-state index in [1.165, 1.54) is 0 Å². The monoisotopic (exact) mass is 205 g/mol. The van der Waals surface area contributed by atoms with Gasteiger partial charge in [0.1, 0.15) is 6.17 Å². The zero-order valence-corrected chi connectivity index (χ0v) is 7.95. The lowest BCUT2D eigenvalue weighted by atomic mass is 10.1. The summed E-state index contributed by atoms with van der Waals surface area (Å²) < 4.78 is 26.5. The Balaban J connectivity index is 2.15. The number of hydrogen-bond acceptors (Lipinski definition) is 1. The lowest BCUT2D eigenvalue weighted by Gasteiger charge is -2.05. The minimum absolute atomic E-state index is 0.0572. The number of alkyl halides is 2. The number of rotatable bonds is 1. The molecule has 0 N–H and O–H groups in total. The van der Waals surface area contributed by atoms with E-state index in [2.05, 4.69) is 4.98 Å². The van der Waals surface area contributed by atoms with Crippen LogP contribution in [0.2, 0.25) is 0 Å². The molecule has 1 aromatic carbocycles. The molecule has 76 valence electrons. The highest BCUT2D eigenvalue weighted by atomic mass is 19.2. The summed E-state index contributed by atoms with van der Waals surface area (Å²) in [6.07, 6.45) is -1.44. The highest BCUT2D eigenvalue weighted by Crippen LogP contribution is 2.51. The first kappa shape index (κ1) is 8.77. The average molecular weight is 205 g/mol. The molecule has 1 fully saturated rings. The number of nitrogens with zero attached hydrogens (tertiary/aromatic N) is 1. The quantitative estimate of drug-likeness (QED) is 0.697. The number of benzene rings is 1. The lowest BCUT2D eigenvalue weighted by molar-refractivity contribution is 0.246. The number of halogens is 2. The van der Waals surface area contributed by atoms with Crippen LogP contribution in [0, 0.1) is 0 Å². The molecule has 0 saturated heterocycles. The third-order valence-corrected chi connectivity index (χ3v) is 2.84. The third kappa shape index (κ3) is 1.23. The van der Waals surface area contributed by atoms with Crippen LogP contribution in [0.1, 0.15) is 12.1 Å². The average Bonchev–Trinajstić information content (AvgIpc) is 2.88. The summed E-state index contributed by atoms with van der Waals surface area (Å²) in [5.74, 6) is 0. The van der Waals surface area contributed by atoms with E-state index in [-0.39, 0.29) is 12.1 Å². The first-order valence-electron chi connectivity index (χ1n) is 4.89. The molecule has 0 aliphatic heterocycles. The van der Waals surface area contributed by atoms with Gasteiger partial charge in [0.2, 0.25) is 0 Å². The summed E-state index contributed by atoms with van der Waals surface area (Å²) in [4.78, 5) is 4.14. The lowest BCUT2D eigenvalue weighted by Crippen LogP contribution is -2.05. The van der Waals surface area contributed by atoms with Crippen molar-refractivity contribution in [1.29, 1.82) is 0 Å². The van der Waals surface area contributed by atoms with Gasteiger partial charge in [0, 0.05) is 11.8 Å². The number of pyridine rings is 1. The van der Waals surface area contributed by atoms with Gasteiger partial charge in [0.15, 0.2) is 5.67 Å². The van der Waals surface area contributed by atoms with Crippen molar-refractivity contribution in [2.75, 3.05) is 0 Å². The molecule has 3 heteroatoms. The van der Waals surface area contributed by atoms with E-state index in [1.807, 2.05) is 18.2 Å². The second-order valence-corrected chi connectivity index (χ2v) is 3.92. The van der Waals surface area contributed by atoms with Crippen molar-refractivity contribution in [2.45, 2.75) is 18.3 Å². The first-order chi connectivity index (χ1) is 7.20. The molecule has 0 bridgehead atoms. The molecule has 3 rings (SSSR count). The zero-order chi connectivity index (χ0) is 10.5. The van der Waals surface area contributed by atoms with Crippen molar-refractivity contribution in [3.05, 3.63) is 42.1 Å². The van der Waals surface area contributed by atoms with Crippen LogP contribution in [0.4, 0.5) is 8.78 Å². The minimum Gasteiger partial charge on any atom is -0.249 e. The number of hydrogen-bond donors (Lipinski definition) is 0. The normalized spacial score (nSPS) is 29.3. The standard InChI is InChI=1S/C12H9F2N/c13-10-7-12(10,14)11-6-5-8-3-1-2-4-9(8)15-11/h1-6,10H,7H2. The van der Waals surface area contributed by atoms with Gasteiger partial charge in [-0.25, -0.2) is 13.8 Å². The smallest absolute Gasteiger partial charge is 0.186 e. The Morgan fingerprint density at radius 3 is 2.67 bits per heavy atom. The summed E-state index contributed by atoms with van der Waals surface area (Å²) >= 11 is 0. The fraction of sp³-hybridized carbons (Fsp3) is 0.250. The van der Waals surface area contributed by atoms with E-state index in [9.17, 15) is 8.78 Å². The van der Waals surface area contributed by atoms with Crippen LogP contribution in [0.5, 0.6) is 0 Å². The van der Waals surface area contributed by atoms with Gasteiger partial charge in [-0.15, -0.1) is 0 Å². The van der Waals surface area contributed by atoms with E-state index in [0.29, 0.717) is 5.52 Å². The fourth-order valence-corrected chi connectivity index (χ4v) is 1.76. The van der Waals surface area contributed by atoms with E-state index < -0.39 is 11.8 Å². The molecule has 0 radical (unpaired) electrons. The van der Waals surface area contributed by atoms with Crippen molar-refractivity contribution < 1.29 is 8.78 Å². The topological polar surface area (TPSA) is 12.9 Å². The Labute approximate surface area is 85.8 Å². The van der Waals surface area contributed by atoms with Crippen LogP contribution in [0.25, 0.3) is 10.9 Å². The van der Waals surface area contributed by atoms with Crippen molar-refractivity contribution in [3.63, 3.8) is 0 Å². The third-order valence-electron chi connectivity index (χ3n) is 2.84. The summed E-state index contributed by atoms with van der Waals surface area (Å²) in [6.45, 7) is 0. The number of fused-ring (bicyclic) bond motifs is 1. The van der Waals surface area contributed by atoms with Crippen molar-refractivity contribution in [2.24, 2.45) is 0 Å². The van der Waals surface area contributed by atoms with Crippen molar-refractivity contribution >= 4 is 10.9 Å². The molecule has 1 aliphatic rings. The van der Waals surface area contributed by atoms with Crippen molar-refractivity contribution in [3.8, 4) is 0 Å². The second-order valence-electron chi connectivity index (χ2n) is 3.92. The van der Waals surface area contributed by atoms with Crippen LogP contribution < -0.4 is 0 Å². The summed E-state index contributed by atoms with van der Waals surface area (Å²) in [5.41, 5.74) is -0.899. The minimum atomic E-state index is -1.83. The van der Waals surface area contributed by atoms with Gasteiger partial charge in [-0.2, -0.15) is 0 Å². The summed E-state index contributed by atoms with van der Waals surface area (Å²) in [7, 11) is 0. The Bertz CT molecular complexity index is 526. The molecule has 1 aromatic heterocycles. The fourth-order valence-electron chi connectivity index (χ4n) is 1.76. The summed E-state index contributed by atoms with van der Waals surface area (Å²) in [5, 5.41) is 0.945. The Kier molecular flexibility index (Phi) is 1.61. The molecular weight excluding hydrogens is 196 g/mol. The van der Waals surface area contributed by atoms with E-state index >= 15 is 0 Å². The molecule has 0 spiro atoms. The van der Waals surface area contributed by atoms with E-state index in [4.69, 9.17) is 0 Å². The van der Waals surface area contributed by atoms with Gasteiger partial charge in [-0.05, 0) is 12.1 Å². The van der Waals surface area contributed by atoms with Gasteiger partial charge in [-0.3, -0.25) is 0 Å². The maximum atomic E-state index is 13.7. The van der Waals surface area contributed by atoms with Gasteiger partial charge < -0.3 is 0 Å². The highest BCUT2D eigenvalue weighted by molar-refractivity contribution is 5.78. The zero-order valence-electron chi connectivity index (χ0n) is 7.95. The van der Waals surface area contributed by atoms with Crippen LogP contribution in [0.3, 0.4) is 0 Å². The largest absolute Gasteiger partial charge is 0.249 e. The second kappa shape index (κ2) is 2.75. The predicted octanol–water partition coefficient (Wildman–Crippen LogP) is 3.14. The van der Waals surface area contributed by atoms with Crippen LogP contribution >= 0.6 is 0 Å². The molecule has 2 atom stereocenters. The van der Waals surface area contributed by atoms with E-state index in [1.54, 1.807) is 18.2 Å². The van der Waals surface area contributed by atoms with Gasteiger partial charge in [-0.1, -0.05) is 24.3 Å². The van der Waals surface area contributed by atoms with Crippen molar-refractivity contribution in [1.82, 2.24) is 4.98 Å². The number of aromatic nitrogens is 1. The molecule has 2 aromatic rings. The predicted molar refractivity (Wildman–Crippen MR) is 54.0 cm³/mol. The maximum absolute atomic E-state index is 13.7. The van der Waals surface area contributed by atoms with Gasteiger partial charge in [0.25, 0.3) is 0 Å². The highest BCUT2D eigenvalue weighted by Gasteiger charge is 2.59. The first-order valence-corrected chi connectivity index (χ1v) is 4.89.